The van der Waals surface area contributed by atoms with Gasteiger partial charge in [0, 0.05) is 23.0 Å². The average molecular weight is 388 g/mol. The zero-order valence-corrected chi connectivity index (χ0v) is 16.3. The van der Waals surface area contributed by atoms with E-state index in [4.69, 9.17) is 9.31 Å². The highest BCUT2D eigenvalue weighted by Gasteiger charge is 2.53. The predicted molar refractivity (Wildman–Crippen MR) is 98.2 cm³/mol. The number of amides is 3. The second kappa shape index (κ2) is 6.12. The van der Waals surface area contributed by atoms with E-state index in [1.165, 1.54) is 11.0 Å². The Hall–Kier alpha value is -2.26. The van der Waals surface area contributed by atoms with Crippen molar-refractivity contribution in [3.05, 3.63) is 29.1 Å². The summed E-state index contributed by atoms with van der Waals surface area (Å²) < 4.78 is 27.2. The van der Waals surface area contributed by atoms with Crippen molar-refractivity contribution in [3.8, 4) is 0 Å². The molecule has 0 spiro atoms. The molecule has 3 heterocycles. The van der Waals surface area contributed by atoms with Crippen LogP contribution in [-0.4, -0.2) is 47.0 Å². The highest BCUT2D eigenvalue weighted by molar-refractivity contribution is 6.62. The Balaban J connectivity index is 1.63. The first-order valence-electron chi connectivity index (χ1n) is 9.33. The Bertz CT molecular complexity index is 885. The summed E-state index contributed by atoms with van der Waals surface area (Å²) in [5.74, 6) is -1.85. The lowest BCUT2D eigenvalue weighted by Crippen LogP contribution is -2.52. The van der Waals surface area contributed by atoms with Crippen LogP contribution in [0.15, 0.2) is 12.1 Å². The molecule has 1 atom stereocenters. The number of benzene rings is 1. The fourth-order valence-electron chi connectivity index (χ4n) is 3.77. The van der Waals surface area contributed by atoms with Crippen LogP contribution < -0.4 is 10.8 Å². The molecule has 0 radical (unpaired) electrons. The summed E-state index contributed by atoms with van der Waals surface area (Å²) in [4.78, 5) is 37.6. The molecule has 0 aliphatic carbocycles. The summed E-state index contributed by atoms with van der Waals surface area (Å²) in [6.45, 7) is 7.50. The van der Waals surface area contributed by atoms with Crippen LogP contribution in [0.3, 0.4) is 0 Å². The van der Waals surface area contributed by atoms with Gasteiger partial charge in [-0.1, -0.05) is 6.07 Å². The lowest BCUT2D eigenvalue weighted by molar-refractivity contribution is -0.136. The number of piperidine rings is 1. The van der Waals surface area contributed by atoms with Crippen LogP contribution in [0.5, 0.6) is 0 Å². The zero-order valence-electron chi connectivity index (χ0n) is 16.3. The molecule has 0 saturated carbocycles. The van der Waals surface area contributed by atoms with Gasteiger partial charge in [0.25, 0.3) is 5.91 Å². The van der Waals surface area contributed by atoms with Crippen LogP contribution in [0.25, 0.3) is 0 Å². The summed E-state index contributed by atoms with van der Waals surface area (Å²) in [6.07, 6.45) is 0.383. The lowest BCUT2D eigenvalue weighted by atomic mass is 9.77. The third-order valence-corrected chi connectivity index (χ3v) is 6.19. The van der Waals surface area contributed by atoms with Crippen LogP contribution in [-0.2, 0) is 25.4 Å². The van der Waals surface area contributed by atoms with Gasteiger partial charge in [0.15, 0.2) is 0 Å². The quantitative estimate of drug-likeness (QED) is 0.601. The van der Waals surface area contributed by atoms with Crippen molar-refractivity contribution in [1.82, 2.24) is 10.2 Å². The molecular formula is C19H22BFN2O5. The van der Waals surface area contributed by atoms with Gasteiger partial charge in [0.1, 0.15) is 11.9 Å². The van der Waals surface area contributed by atoms with E-state index < -0.39 is 42.0 Å². The van der Waals surface area contributed by atoms with Gasteiger partial charge in [-0.05, 0) is 40.2 Å². The molecule has 9 heteroatoms. The van der Waals surface area contributed by atoms with Crippen LogP contribution in [0, 0.1) is 5.82 Å². The molecule has 0 bridgehead atoms. The maximum absolute atomic E-state index is 15.3. The van der Waals surface area contributed by atoms with Crippen molar-refractivity contribution in [3.63, 3.8) is 0 Å². The summed E-state index contributed by atoms with van der Waals surface area (Å²) >= 11 is 0. The van der Waals surface area contributed by atoms with Gasteiger partial charge >= 0.3 is 7.12 Å². The first-order valence-corrected chi connectivity index (χ1v) is 9.33. The second-order valence-electron chi connectivity index (χ2n) is 8.48. The fraction of sp³-hybridized carbons (Fsp3) is 0.526. The standard InChI is InChI=1S/C19H22BFN2O5/c1-18(2)19(3,4)28-20(27-18)12-6-5-10-11(15(12)21)9-23(17(10)26)13-7-8-14(24)22-16(13)25/h5-6,13H,7-9H2,1-4H3,(H,22,24,25). The van der Waals surface area contributed by atoms with Gasteiger partial charge in [-0.25, -0.2) is 4.39 Å². The van der Waals surface area contributed by atoms with E-state index >= 15 is 4.39 Å². The first-order chi connectivity index (χ1) is 13.0. The molecule has 1 aromatic carbocycles. The SMILES string of the molecule is CC1(C)OB(c2ccc3c(c2F)CN(C2CCC(=O)NC2=O)C3=O)OC1(C)C. The summed E-state index contributed by atoms with van der Waals surface area (Å²) in [5, 5.41) is 2.24. The number of nitrogens with zero attached hydrogens (tertiary/aromatic N) is 1. The van der Waals surface area contributed by atoms with Crippen molar-refractivity contribution in [2.45, 2.75) is 64.3 Å². The largest absolute Gasteiger partial charge is 0.497 e. The van der Waals surface area contributed by atoms with Gasteiger partial charge in [-0.3, -0.25) is 19.7 Å². The van der Waals surface area contributed by atoms with E-state index in [0.717, 1.165) is 0 Å². The van der Waals surface area contributed by atoms with E-state index in [1.54, 1.807) is 6.07 Å². The van der Waals surface area contributed by atoms with Crippen LogP contribution in [0.2, 0.25) is 0 Å². The Morgan fingerprint density at radius 2 is 1.79 bits per heavy atom. The number of carbonyl (C=O) groups excluding carboxylic acids is 3. The third-order valence-electron chi connectivity index (χ3n) is 6.19. The summed E-state index contributed by atoms with van der Waals surface area (Å²) in [7, 11) is -0.880. The minimum absolute atomic E-state index is 0.0282. The molecule has 3 amide bonds. The van der Waals surface area contributed by atoms with E-state index in [0.29, 0.717) is 0 Å². The number of rotatable bonds is 2. The average Bonchev–Trinajstić information content (AvgIpc) is 3.02. The molecule has 1 unspecified atom stereocenters. The van der Waals surface area contributed by atoms with Crippen molar-refractivity contribution in [2.24, 2.45) is 0 Å². The topological polar surface area (TPSA) is 84.9 Å². The van der Waals surface area contributed by atoms with E-state index in [2.05, 4.69) is 5.32 Å². The Kier molecular flexibility index (Phi) is 4.17. The van der Waals surface area contributed by atoms with Crippen molar-refractivity contribution < 1.29 is 28.1 Å². The predicted octanol–water partition coefficient (Wildman–Crippen LogP) is 0.886. The molecule has 1 N–H and O–H groups in total. The highest BCUT2D eigenvalue weighted by atomic mass is 19.1. The van der Waals surface area contributed by atoms with Crippen LogP contribution in [0.1, 0.15) is 56.5 Å². The minimum Gasteiger partial charge on any atom is -0.399 e. The van der Waals surface area contributed by atoms with Crippen molar-refractivity contribution >= 4 is 30.3 Å². The third kappa shape index (κ3) is 2.76. The number of hydrogen-bond acceptors (Lipinski definition) is 5. The van der Waals surface area contributed by atoms with Crippen LogP contribution in [0.4, 0.5) is 4.39 Å². The maximum atomic E-state index is 15.3. The molecular weight excluding hydrogens is 366 g/mol. The lowest BCUT2D eigenvalue weighted by Gasteiger charge is -2.32. The number of halogens is 1. The van der Waals surface area contributed by atoms with E-state index in [1.807, 2.05) is 27.7 Å². The maximum Gasteiger partial charge on any atom is 0.497 e. The summed E-state index contributed by atoms with van der Waals surface area (Å²) in [5.41, 5.74) is -0.547. The highest BCUT2D eigenvalue weighted by Crippen LogP contribution is 2.37. The Morgan fingerprint density at radius 3 is 2.39 bits per heavy atom. The normalized spacial score (nSPS) is 25.9. The molecule has 0 aromatic heterocycles. The van der Waals surface area contributed by atoms with Gasteiger partial charge < -0.3 is 14.2 Å². The molecule has 1 aromatic rings. The van der Waals surface area contributed by atoms with Gasteiger partial charge in [0.05, 0.1) is 17.7 Å². The molecule has 7 nitrogen and oxygen atoms in total. The zero-order chi connectivity index (χ0) is 20.4. The van der Waals surface area contributed by atoms with Crippen LogP contribution >= 0.6 is 0 Å². The first kappa shape index (κ1) is 19.1. The van der Waals surface area contributed by atoms with Crippen molar-refractivity contribution in [1.29, 1.82) is 0 Å². The minimum atomic E-state index is -0.880. The molecule has 2 fully saturated rings. The Labute approximate surface area is 162 Å². The van der Waals surface area contributed by atoms with Gasteiger partial charge in [0.2, 0.25) is 11.8 Å². The molecule has 3 aliphatic heterocycles. The second-order valence-corrected chi connectivity index (χ2v) is 8.48. The number of carbonyl (C=O) groups is 3. The molecule has 4 rings (SSSR count). The van der Waals surface area contributed by atoms with Gasteiger partial charge in [-0.2, -0.15) is 0 Å². The molecule has 2 saturated heterocycles. The van der Waals surface area contributed by atoms with E-state index in [9.17, 15) is 14.4 Å². The number of hydrogen-bond donors (Lipinski definition) is 1. The Morgan fingerprint density at radius 1 is 1.14 bits per heavy atom. The van der Waals surface area contributed by atoms with E-state index in [-0.39, 0.29) is 41.9 Å². The number of fused-ring (bicyclic) bond motifs is 1. The molecule has 3 aliphatic rings. The summed E-state index contributed by atoms with van der Waals surface area (Å²) in [6, 6.07) is 2.27. The van der Waals surface area contributed by atoms with Gasteiger partial charge in [-0.15, -0.1) is 0 Å². The fourth-order valence-corrected chi connectivity index (χ4v) is 3.77. The smallest absolute Gasteiger partial charge is 0.399 e. The number of imide groups is 1. The van der Waals surface area contributed by atoms with Crippen molar-refractivity contribution in [2.75, 3.05) is 0 Å². The monoisotopic (exact) mass is 388 g/mol. The molecule has 28 heavy (non-hydrogen) atoms. The molecule has 148 valence electrons. The number of nitrogens with one attached hydrogen (secondary N) is 1.